The van der Waals surface area contributed by atoms with Gasteiger partial charge in [0.2, 0.25) is 0 Å². The van der Waals surface area contributed by atoms with Gasteiger partial charge in [-0.3, -0.25) is 9.13 Å². The van der Waals surface area contributed by atoms with Gasteiger partial charge in [0, 0.05) is 75.7 Å². The number of fused-ring (bicyclic) bond motifs is 26. The largest absolute Gasteiger partial charge is 0.456 e. The summed E-state index contributed by atoms with van der Waals surface area (Å²) in [6.45, 7) is 0. The maximum absolute atomic E-state index is 6.64. The van der Waals surface area contributed by atoms with Gasteiger partial charge < -0.3 is 13.4 Å². The Bertz CT molecular complexity index is 8450. The van der Waals surface area contributed by atoms with Crippen molar-refractivity contribution < 1.29 is 8.83 Å². The first-order chi connectivity index (χ1) is 56.9. The molecule has 25 aromatic rings. The average Bonchev–Trinajstić information content (AvgIpc) is 1.55. The highest BCUT2D eigenvalue weighted by Gasteiger charge is 2.28. The molecule has 116 heavy (non-hydrogen) atoms. The fourth-order valence-corrected chi connectivity index (χ4v) is 18.7. The molecule has 7 aromatic heterocycles. The number of halogens is 1. The molecule has 0 spiro atoms. The van der Waals surface area contributed by atoms with E-state index in [4.69, 9.17) is 40.4 Å². The van der Waals surface area contributed by atoms with Crippen LogP contribution in [0.15, 0.2) is 373 Å². The number of hydrogen-bond donors (Lipinski definition) is 0. The molecule has 0 fully saturated rings. The van der Waals surface area contributed by atoms with Crippen LogP contribution >= 0.6 is 11.6 Å². The van der Waals surface area contributed by atoms with E-state index < -0.39 is 0 Å². The zero-order valence-electron chi connectivity index (χ0n) is 61.7. The van der Waals surface area contributed by atoms with Crippen molar-refractivity contribution in [2.24, 2.45) is 0 Å². The SMILES string of the molecule is C.Clc1ccc2c3c4ccccc4ccc3n(-c3nc4ccccc4nc3-c3cccc4oc5ccccc5c34)c2c1.c1ccc2c(c1)Cc1cc3ccccc3cc1-2.c1ccc2cc3c(cc2c1)c1ccccc1n3-c1ccc2c3c4ccccc4ccc3n(-c3nc4ccccc4nc3-c3cccc4oc5ccccc5c34)c2c1. The first-order valence-electron chi connectivity index (χ1n) is 38.9. The Hall–Kier alpha value is -15.0. The van der Waals surface area contributed by atoms with Gasteiger partial charge in [0.1, 0.15) is 33.7 Å². The summed E-state index contributed by atoms with van der Waals surface area (Å²) in [6.07, 6.45) is 1.08. The molecule has 1 aliphatic rings. The van der Waals surface area contributed by atoms with Gasteiger partial charge in [-0.2, -0.15) is 0 Å². The van der Waals surface area contributed by atoms with Gasteiger partial charge in [-0.1, -0.05) is 274 Å². The second-order valence-corrected chi connectivity index (χ2v) is 30.4. The molecule has 0 saturated heterocycles. The van der Waals surface area contributed by atoms with Crippen LogP contribution in [0, 0.1) is 0 Å². The fourth-order valence-electron chi connectivity index (χ4n) is 18.5. The maximum Gasteiger partial charge on any atom is 0.165 e. The Kier molecular flexibility index (Phi) is 15.1. The smallest absolute Gasteiger partial charge is 0.165 e. The van der Waals surface area contributed by atoms with Crippen LogP contribution in [0.2, 0.25) is 5.02 Å². The predicted octanol–water partition coefficient (Wildman–Crippen LogP) is 28.8. The third-order valence-electron chi connectivity index (χ3n) is 23.6. The number of hydrogen-bond acceptors (Lipinski definition) is 6. The molecule has 0 radical (unpaired) electrons. The van der Waals surface area contributed by atoms with Crippen molar-refractivity contribution in [2.45, 2.75) is 13.8 Å². The lowest BCUT2D eigenvalue weighted by molar-refractivity contribution is 0.668. The van der Waals surface area contributed by atoms with Crippen LogP contribution < -0.4 is 0 Å². The molecule has 0 atom stereocenters. The van der Waals surface area contributed by atoms with Crippen LogP contribution in [0.1, 0.15) is 18.6 Å². The molecule has 0 amide bonds. The van der Waals surface area contributed by atoms with E-state index in [-0.39, 0.29) is 7.43 Å². The lowest BCUT2D eigenvalue weighted by Crippen LogP contribution is -2.04. The van der Waals surface area contributed by atoms with Crippen molar-refractivity contribution in [1.29, 1.82) is 0 Å². The number of para-hydroxylation sites is 7. The Morgan fingerprint density at radius 2 is 0.672 bits per heavy atom. The topological polar surface area (TPSA) is 92.6 Å². The highest BCUT2D eigenvalue weighted by molar-refractivity contribution is 6.32. The molecule has 0 aliphatic heterocycles. The molecule has 0 N–H and O–H groups in total. The molecule has 544 valence electrons. The van der Waals surface area contributed by atoms with Crippen molar-refractivity contribution in [3.8, 4) is 51.0 Å². The molecule has 9 nitrogen and oxygen atoms in total. The maximum atomic E-state index is 6.64. The van der Waals surface area contributed by atoms with Gasteiger partial charge >= 0.3 is 0 Å². The average molecular weight is 1510 g/mol. The van der Waals surface area contributed by atoms with Gasteiger partial charge in [-0.05, 0) is 181 Å². The van der Waals surface area contributed by atoms with E-state index in [1.807, 2.05) is 103 Å². The Balaban J connectivity index is 0.000000116. The quantitative estimate of drug-likeness (QED) is 0.170. The van der Waals surface area contributed by atoms with Crippen molar-refractivity contribution in [3.63, 3.8) is 0 Å². The van der Waals surface area contributed by atoms with E-state index in [1.54, 1.807) is 0 Å². The third-order valence-corrected chi connectivity index (χ3v) is 23.8. The van der Waals surface area contributed by atoms with E-state index in [2.05, 4.69) is 275 Å². The molecule has 0 unspecified atom stereocenters. The number of rotatable bonds is 5. The summed E-state index contributed by atoms with van der Waals surface area (Å²) in [6, 6.07) is 128. The Labute approximate surface area is 669 Å². The third kappa shape index (κ3) is 10.3. The molecule has 1 aliphatic carbocycles. The summed E-state index contributed by atoms with van der Waals surface area (Å²) >= 11 is 6.64. The summed E-state index contributed by atoms with van der Waals surface area (Å²) in [4.78, 5) is 21.6. The Morgan fingerprint density at radius 1 is 0.241 bits per heavy atom. The van der Waals surface area contributed by atoms with E-state index in [0.29, 0.717) is 5.02 Å². The molecular formula is C106H66ClN7O2. The fraction of sp³-hybridized carbons (Fsp3) is 0.0189. The second-order valence-electron chi connectivity index (χ2n) is 30.0. The van der Waals surface area contributed by atoms with E-state index >= 15 is 0 Å². The van der Waals surface area contributed by atoms with Crippen LogP contribution in [0.5, 0.6) is 0 Å². The minimum Gasteiger partial charge on any atom is -0.456 e. The molecular weight excluding hydrogens is 1440 g/mol. The summed E-state index contributed by atoms with van der Waals surface area (Å²) < 4.78 is 19.7. The van der Waals surface area contributed by atoms with Crippen molar-refractivity contribution in [1.82, 2.24) is 33.6 Å². The first kappa shape index (κ1) is 66.7. The first-order valence-corrected chi connectivity index (χ1v) is 39.3. The zero-order valence-corrected chi connectivity index (χ0v) is 62.4. The van der Waals surface area contributed by atoms with Crippen molar-refractivity contribution in [2.75, 3.05) is 0 Å². The van der Waals surface area contributed by atoms with E-state index in [1.165, 1.54) is 97.9 Å². The molecule has 26 rings (SSSR count). The van der Waals surface area contributed by atoms with Crippen LogP contribution in [0.3, 0.4) is 0 Å². The minimum absolute atomic E-state index is 0. The molecule has 7 heterocycles. The van der Waals surface area contributed by atoms with Crippen LogP contribution in [-0.4, -0.2) is 33.6 Å². The van der Waals surface area contributed by atoms with Gasteiger partial charge in [0.15, 0.2) is 11.6 Å². The van der Waals surface area contributed by atoms with Gasteiger partial charge in [-0.25, -0.2) is 19.9 Å². The highest BCUT2D eigenvalue weighted by Crippen LogP contribution is 2.48. The summed E-state index contributed by atoms with van der Waals surface area (Å²) in [5.41, 5.74) is 23.5. The predicted molar refractivity (Wildman–Crippen MR) is 484 cm³/mol. The van der Waals surface area contributed by atoms with Gasteiger partial charge in [-0.15, -0.1) is 0 Å². The normalized spacial score (nSPS) is 12.1. The molecule has 18 aromatic carbocycles. The monoisotopic (exact) mass is 1500 g/mol. The standard InChI is InChI=1S/C52H30N4O.C36H20ClN3O.C17H12.CH4/c1-2-14-33-29-45-40(28-32(33)13-1)36-16-5-9-21-43(36)55(45)34-25-26-37-46(30-34)56(44-27-24-31-12-3-4-15-35(31)49(37)44)52-51(53-41-19-7-8-20-42(41)54-52)39-18-11-23-48-50(39)38-17-6-10-22-47(38)57-48;37-22-17-18-24-30(20-22)40(29-19-16-21-8-1-2-9-23(21)33(24)29)36-35(38-27-12-4-5-13-28(27)39-36)26-11-7-15-32-34(26)25-10-3-6-14-31(25)41-32;1-2-6-13-11-17-15(9-12(13)5-1)10-14-7-3-4-8-16(14)17;/h1-30H;1-20H;1-9,11H,10H2;1H4. The lowest BCUT2D eigenvalue weighted by atomic mass is 10.0. The minimum atomic E-state index is 0. The summed E-state index contributed by atoms with van der Waals surface area (Å²) in [5.74, 6) is 1.52. The number of aromatic nitrogens is 7. The van der Waals surface area contributed by atoms with Crippen molar-refractivity contribution >= 4 is 186 Å². The highest BCUT2D eigenvalue weighted by atomic mass is 35.5. The summed E-state index contributed by atoms with van der Waals surface area (Å²) in [7, 11) is 0. The zero-order chi connectivity index (χ0) is 75.5. The second kappa shape index (κ2) is 26.3. The van der Waals surface area contributed by atoms with E-state index in [0.717, 1.165) is 145 Å². The number of furan rings is 2. The van der Waals surface area contributed by atoms with Crippen molar-refractivity contribution in [3.05, 3.63) is 380 Å². The summed E-state index contributed by atoms with van der Waals surface area (Å²) in [5, 5.41) is 21.8. The molecule has 10 heteroatoms. The molecule has 0 bridgehead atoms. The molecule has 0 saturated carbocycles. The number of nitrogens with zero attached hydrogens (tertiary/aromatic N) is 7. The van der Waals surface area contributed by atoms with E-state index in [9.17, 15) is 0 Å². The van der Waals surface area contributed by atoms with Gasteiger partial charge in [0.05, 0.1) is 55.2 Å². The van der Waals surface area contributed by atoms with Gasteiger partial charge in [0.25, 0.3) is 0 Å². The number of benzene rings is 18. The van der Waals surface area contributed by atoms with Crippen LogP contribution in [0.25, 0.3) is 225 Å². The van der Waals surface area contributed by atoms with Crippen LogP contribution in [-0.2, 0) is 6.42 Å². The lowest BCUT2D eigenvalue weighted by Gasteiger charge is -2.15. The Morgan fingerprint density at radius 3 is 1.26 bits per heavy atom. The van der Waals surface area contributed by atoms with Crippen LogP contribution in [0.4, 0.5) is 0 Å².